The first-order valence-corrected chi connectivity index (χ1v) is 12.3. The van der Waals surface area contributed by atoms with Gasteiger partial charge in [-0.25, -0.2) is 0 Å². The smallest absolute Gasteiger partial charge is 0.0928 e. The summed E-state index contributed by atoms with van der Waals surface area (Å²) in [4.78, 5) is 4.57. The van der Waals surface area contributed by atoms with Crippen LogP contribution < -0.4 is 10.6 Å². The van der Waals surface area contributed by atoms with Gasteiger partial charge in [0.1, 0.15) is 0 Å². The predicted octanol–water partition coefficient (Wildman–Crippen LogP) is 6.87. The van der Waals surface area contributed by atoms with E-state index in [2.05, 4.69) is 75.4 Å². The molecular formula is C31H32N6. The van der Waals surface area contributed by atoms with Gasteiger partial charge in [-0.2, -0.15) is 5.10 Å². The van der Waals surface area contributed by atoms with Crippen LogP contribution in [0.1, 0.15) is 48.0 Å². The van der Waals surface area contributed by atoms with Crippen LogP contribution in [0, 0.1) is 31.1 Å². The standard InChI is InChI=1S/C31H32N6/c1-21-18-23(3)34-25(19-21)14-16-30-28-15-13-26(20-31(28)37-36-30)35-29-12-8-7-11-27(29)24(4)33-17-9-5-6-10-22(2)32/h7-8,11-16,18-20,32-33,35H,4,6,10,17H2,1-3H3,(H,36,37)/b16-14+,32-22?. The highest BCUT2D eigenvalue weighted by Gasteiger charge is 2.08. The summed E-state index contributed by atoms with van der Waals surface area (Å²) in [7, 11) is 0. The molecule has 0 radical (unpaired) electrons. The normalized spacial score (nSPS) is 10.8. The Kier molecular flexibility index (Phi) is 8.17. The lowest BCUT2D eigenvalue weighted by Crippen LogP contribution is -2.12. The highest BCUT2D eigenvalue weighted by molar-refractivity contribution is 5.92. The van der Waals surface area contributed by atoms with Crippen molar-refractivity contribution in [3.05, 3.63) is 89.4 Å². The summed E-state index contributed by atoms with van der Waals surface area (Å²) in [5.41, 5.74) is 9.27. The van der Waals surface area contributed by atoms with Crippen LogP contribution in [-0.4, -0.2) is 27.4 Å². The van der Waals surface area contributed by atoms with Crippen LogP contribution in [0.5, 0.6) is 0 Å². The van der Waals surface area contributed by atoms with Gasteiger partial charge in [0.15, 0.2) is 0 Å². The molecule has 0 saturated heterocycles. The number of rotatable bonds is 9. The molecule has 6 heteroatoms. The summed E-state index contributed by atoms with van der Waals surface area (Å²) < 4.78 is 0. The molecule has 2 heterocycles. The van der Waals surface area contributed by atoms with Crippen LogP contribution in [0.4, 0.5) is 11.4 Å². The highest BCUT2D eigenvalue weighted by Crippen LogP contribution is 2.28. The van der Waals surface area contributed by atoms with E-state index in [-0.39, 0.29) is 0 Å². The molecule has 0 aliphatic rings. The van der Waals surface area contributed by atoms with Crippen molar-refractivity contribution >= 4 is 45.8 Å². The molecule has 0 fully saturated rings. The van der Waals surface area contributed by atoms with E-state index in [0.717, 1.165) is 50.6 Å². The number of hydrogen-bond acceptors (Lipinski definition) is 5. The number of benzene rings is 2. The first-order valence-electron chi connectivity index (χ1n) is 12.3. The average molecular weight is 489 g/mol. The molecule has 2 aromatic carbocycles. The van der Waals surface area contributed by atoms with E-state index in [4.69, 9.17) is 5.41 Å². The SMILES string of the molecule is C=C(NCC#CCCC(C)=N)c1ccccc1Nc1ccc2c(/C=C/c3cc(C)cc(C)n3)n[nH]c2c1. The number of hydrogen-bond donors (Lipinski definition) is 4. The Bertz CT molecular complexity index is 1510. The molecule has 0 bridgehead atoms. The number of pyridine rings is 1. The molecule has 0 spiro atoms. The fraction of sp³-hybridized carbons (Fsp3) is 0.194. The van der Waals surface area contributed by atoms with Gasteiger partial charge >= 0.3 is 0 Å². The summed E-state index contributed by atoms with van der Waals surface area (Å²) in [5, 5.41) is 23.0. The topological polar surface area (TPSA) is 89.5 Å². The van der Waals surface area contributed by atoms with Gasteiger partial charge in [0, 0.05) is 45.8 Å². The van der Waals surface area contributed by atoms with Gasteiger partial charge in [-0.15, -0.1) is 5.92 Å². The number of aromatic nitrogens is 3. The van der Waals surface area contributed by atoms with E-state index in [0.29, 0.717) is 25.1 Å². The van der Waals surface area contributed by atoms with Crippen molar-refractivity contribution in [2.24, 2.45) is 0 Å². The Hall–Kier alpha value is -4.63. The van der Waals surface area contributed by atoms with Crippen LogP contribution in [-0.2, 0) is 0 Å². The minimum absolute atomic E-state index is 0.512. The first kappa shape index (κ1) is 25.5. The van der Waals surface area contributed by atoms with Crippen LogP contribution in [0.15, 0.2) is 61.2 Å². The number of anilines is 2. The molecule has 4 rings (SSSR count). The number of fused-ring (bicyclic) bond motifs is 1. The molecule has 0 aliphatic heterocycles. The summed E-state index contributed by atoms with van der Waals surface area (Å²) in [5.74, 6) is 6.19. The zero-order valence-corrected chi connectivity index (χ0v) is 21.6. The van der Waals surface area contributed by atoms with Crippen LogP contribution in [0.3, 0.4) is 0 Å². The molecule has 0 atom stereocenters. The third-order valence-electron chi connectivity index (χ3n) is 5.79. The van der Waals surface area contributed by atoms with Crippen LogP contribution in [0.25, 0.3) is 28.8 Å². The van der Waals surface area contributed by atoms with Gasteiger partial charge < -0.3 is 16.0 Å². The summed E-state index contributed by atoms with van der Waals surface area (Å²) in [6, 6.07) is 18.3. The lowest BCUT2D eigenvalue weighted by Gasteiger charge is -2.14. The van der Waals surface area contributed by atoms with E-state index in [1.807, 2.05) is 49.4 Å². The average Bonchev–Trinajstić information content (AvgIpc) is 3.26. The lowest BCUT2D eigenvalue weighted by molar-refractivity contribution is 1.03. The predicted molar refractivity (Wildman–Crippen MR) is 156 cm³/mol. The second-order valence-electron chi connectivity index (χ2n) is 9.05. The molecule has 0 aliphatic carbocycles. The molecule has 0 amide bonds. The zero-order chi connectivity index (χ0) is 26.2. The molecule has 0 saturated carbocycles. The summed E-state index contributed by atoms with van der Waals surface area (Å²) in [6.07, 6.45) is 5.41. The number of nitrogens with zero attached hydrogens (tertiary/aromatic N) is 2. The van der Waals surface area contributed by atoms with Gasteiger partial charge in [-0.1, -0.05) is 30.7 Å². The monoisotopic (exact) mass is 488 g/mol. The maximum atomic E-state index is 7.47. The maximum absolute atomic E-state index is 7.47. The van der Waals surface area contributed by atoms with E-state index in [1.165, 1.54) is 5.56 Å². The zero-order valence-electron chi connectivity index (χ0n) is 21.6. The molecule has 2 aromatic heterocycles. The van der Waals surface area contributed by atoms with Gasteiger partial charge in [0.2, 0.25) is 0 Å². The number of aryl methyl sites for hydroxylation is 2. The molecule has 186 valence electrons. The van der Waals surface area contributed by atoms with Crippen molar-refractivity contribution in [1.82, 2.24) is 20.5 Å². The van der Waals surface area contributed by atoms with Crippen molar-refractivity contribution in [1.29, 1.82) is 5.41 Å². The molecule has 6 nitrogen and oxygen atoms in total. The van der Waals surface area contributed by atoms with E-state index in [1.54, 1.807) is 6.92 Å². The molecule has 37 heavy (non-hydrogen) atoms. The van der Waals surface area contributed by atoms with Crippen LogP contribution in [0.2, 0.25) is 0 Å². The molecule has 4 aromatic rings. The Labute approximate surface area is 218 Å². The number of nitrogens with one attached hydrogen (secondary N) is 4. The molecule has 4 N–H and O–H groups in total. The second kappa shape index (κ2) is 11.9. The fourth-order valence-corrected chi connectivity index (χ4v) is 4.03. The van der Waals surface area contributed by atoms with Crippen molar-refractivity contribution in [2.45, 2.75) is 33.6 Å². The third kappa shape index (κ3) is 6.96. The Balaban J connectivity index is 1.45. The Morgan fingerprint density at radius 3 is 2.73 bits per heavy atom. The number of H-pyrrole nitrogens is 1. The van der Waals surface area contributed by atoms with E-state index >= 15 is 0 Å². The quantitative estimate of drug-likeness (QED) is 0.153. The maximum Gasteiger partial charge on any atom is 0.0928 e. The van der Waals surface area contributed by atoms with E-state index < -0.39 is 0 Å². The summed E-state index contributed by atoms with van der Waals surface area (Å²) in [6.45, 7) is 10.6. The molecule has 0 unspecified atom stereocenters. The van der Waals surface area contributed by atoms with Crippen molar-refractivity contribution in [2.75, 3.05) is 11.9 Å². The Morgan fingerprint density at radius 1 is 1.08 bits per heavy atom. The van der Waals surface area contributed by atoms with Crippen molar-refractivity contribution in [3.8, 4) is 11.8 Å². The molecular weight excluding hydrogens is 456 g/mol. The summed E-state index contributed by atoms with van der Waals surface area (Å²) >= 11 is 0. The van der Waals surface area contributed by atoms with Gasteiger partial charge in [0.25, 0.3) is 0 Å². The fourth-order valence-electron chi connectivity index (χ4n) is 4.03. The highest BCUT2D eigenvalue weighted by atomic mass is 15.1. The second-order valence-corrected chi connectivity index (χ2v) is 9.05. The van der Waals surface area contributed by atoms with Gasteiger partial charge in [-0.3, -0.25) is 10.1 Å². The third-order valence-corrected chi connectivity index (χ3v) is 5.79. The first-order chi connectivity index (χ1) is 17.9. The van der Waals surface area contributed by atoms with Crippen molar-refractivity contribution < 1.29 is 0 Å². The van der Waals surface area contributed by atoms with Gasteiger partial charge in [-0.05, 0) is 81.3 Å². The minimum Gasteiger partial charge on any atom is -0.374 e. The minimum atomic E-state index is 0.512. The van der Waals surface area contributed by atoms with Crippen molar-refractivity contribution in [3.63, 3.8) is 0 Å². The largest absolute Gasteiger partial charge is 0.374 e. The lowest BCUT2D eigenvalue weighted by atomic mass is 10.1. The van der Waals surface area contributed by atoms with Gasteiger partial charge in [0.05, 0.1) is 23.4 Å². The number of para-hydroxylation sites is 1. The number of aromatic amines is 1. The Morgan fingerprint density at radius 2 is 1.92 bits per heavy atom. The van der Waals surface area contributed by atoms with E-state index in [9.17, 15) is 0 Å². The van der Waals surface area contributed by atoms with Crippen LogP contribution >= 0.6 is 0 Å².